The van der Waals surface area contributed by atoms with Gasteiger partial charge in [0.15, 0.2) is 0 Å². The molecule has 2 rings (SSSR count). The molecule has 0 bridgehead atoms. The van der Waals surface area contributed by atoms with Gasteiger partial charge in [-0.15, -0.1) is 0 Å². The summed E-state index contributed by atoms with van der Waals surface area (Å²) in [5.74, 6) is 0.502. The number of nitrogens with zero attached hydrogens (tertiary/aromatic N) is 1. The topological polar surface area (TPSA) is 54.0 Å². The second kappa shape index (κ2) is 9.22. The Balaban J connectivity index is 1.63. The first kappa shape index (κ1) is 19.8. The summed E-state index contributed by atoms with van der Waals surface area (Å²) in [6.45, 7) is 3.01. The van der Waals surface area contributed by atoms with E-state index in [1.807, 2.05) is 37.3 Å². The lowest BCUT2D eigenvalue weighted by Gasteiger charge is -2.12. The van der Waals surface area contributed by atoms with Crippen LogP contribution in [0.2, 0.25) is 0 Å². The maximum atomic E-state index is 12.4. The number of halogens is 3. The predicted octanol–water partition coefficient (Wildman–Crippen LogP) is 4.21. The zero-order valence-electron chi connectivity index (χ0n) is 14.5. The maximum Gasteiger partial charge on any atom is 0.417 e. The van der Waals surface area contributed by atoms with Crippen molar-refractivity contribution in [2.45, 2.75) is 31.9 Å². The Bertz CT molecular complexity index is 687. The Hall–Kier alpha value is -2.57. The van der Waals surface area contributed by atoms with Crippen molar-refractivity contribution < 1.29 is 18.0 Å². The van der Waals surface area contributed by atoms with Crippen LogP contribution >= 0.6 is 0 Å². The van der Waals surface area contributed by atoms with Crippen molar-refractivity contribution in [2.75, 3.05) is 18.4 Å². The van der Waals surface area contributed by atoms with Gasteiger partial charge < -0.3 is 10.6 Å². The molecule has 1 aromatic carbocycles. The molecular formula is C19H22F3N3O. The number of aromatic nitrogens is 1. The van der Waals surface area contributed by atoms with Crippen LogP contribution in [0.15, 0.2) is 48.7 Å². The fourth-order valence-corrected chi connectivity index (χ4v) is 2.45. The number of nitrogens with one attached hydrogen (secondary N) is 2. The van der Waals surface area contributed by atoms with Gasteiger partial charge in [-0.25, -0.2) is 4.98 Å². The predicted molar refractivity (Wildman–Crippen MR) is 94.8 cm³/mol. The van der Waals surface area contributed by atoms with E-state index in [1.165, 1.54) is 6.07 Å². The fourth-order valence-electron chi connectivity index (χ4n) is 2.45. The van der Waals surface area contributed by atoms with Crippen LogP contribution < -0.4 is 10.6 Å². The van der Waals surface area contributed by atoms with Crippen molar-refractivity contribution in [1.82, 2.24) is 10.3 Å². The monoisotopic (exact) mass is 365 g/mol. The third-order valence-electron chi connectivity index (χ3n) is 3.93. The standard InChI is InChI=1S/C19H22F3N3O/c1-14(15-6-3-2-4-7-15)12-18(26)24-11-5-10-23-17-9-8-16(13-25-17)19(20,21)22/h2-4,6-9,13-14H,5,10-12H2,1H3,(H,23,25)(H,24,26)/t14-/m1/s1. The van der Waals surface area contributed by atoms with Crippen LogP contribution in [-0.4, -0.2) is 24.0 Å². The lowest BCUT2D eigenvalue weighted by atomic mass is 9.98. The van der Waals surface area contributed by atoms with Gasteiger partial charge in [0.2, 0.25) is 5.91 Å². The summed E-state index contributed by atoms with van der Waals surface area (Å²) in [5.41, 5.74) is 0.348. The van der Waals surface area contributed by atoms with E-state index in [1.54, 1.807) is 0 Å². The van der Waals surface area contributed by atoms with Crippen LogP contribution in [0.5, 0.6) is 0 Å². The molecule has 4 nitrogen and oxygen atoms in total. The summed E-state index contributed by atoms with van der Waals surface area (Å²) in [5, 5.41) is 5.78. The van der Waals surface area contributed by atoms with Gasteiger partial charge in [0, 0.05) is 25.7 Å². The molecule has 0 unspecified atom stereocenters. The Morgan fingerprint density at radius 1 is 1.12 bits per heavy atom. The van der Waals surface area contributed by atoms with E-state index in [0.29, 0.717) is 31.7 Å². The first-order valence-corrected chi connectivity index (χ1v) is 8.45. The molecule has 0 spiro atoms. The molecule has 140 valence electrons. The van der Waals surface area contributed by atoms with Crippen LogP contribution in [0.1, 0.15) is 36.8 Å². The van der Waals surface area contributed by atoms with Crippen LogP contribution in [0.25, 0.3) is 0 Å². The van der Waals surface area contributed by atoms with E-state index in [2.05, 4.69) is 15.6 Å². The average Bonchev–Trinajstić information content (AvgIpc) is 2.62. The molecular weight excluding hydrogens is 343 g/mol. The highest BCUT2D eigenvalue weighted by Crippen LogP contribution is 2.28. The zero-order chi connectivity index (χ0) is 19.0. The third-order valence-corrected chi connectivity index (χ3v) is 3.93. The summed E-state index contributed by atoms with van der Waals surface area (Å²) in [4.78, 5) is 15.7. The van der Waals surface area contributed by atoms with Gasteiger partial charge in [0.1, 0.15) is 5.82 Å². The molecule has 1 atom stereocenters. The molecule has 0 aliphatic heterocycles. The van der Waals surface area contributed by atoms with E-state index < -0.39 is 11.7 Å². The van der Waals surface area contributed by atoms with E-state index in [0.717, 1.165) is 17.8 Å². The quantitative estimate of drug-likeness (QED) is 0.689. The molecule has 0 fully saturated rings. The summed E-state index contributed by atoms with van der Waals surface area (Å²) in [6, 6.07) is 12.1. The van der Waals surface area contributed by atoms with Crippen molar-refractivity contribution in [3.63, 3.8) is 0 Å². The highest BCUT2D eigenvalue weighted by atomic mass is 19.4. The second-order valence-corrected chi connectivity index (χ2v) is 6.08. The van der Waals surface area contributed by atoms with Crippen molar-refractivity contribution >= 4 is 11.7 Å². The minimum atomic E-state index is -4.38. The number of benzene rings is 1. The van der Waals surface area contributed by atoms with Gasteiger partial charge >= 0.3 is 6.18 Å². The van der Waals surface area contributed by atoms with Crippen LogP contribution in [-0.2, 0) is 11.0 Å². The van der Waals surface area contributed by atoms with Crippen molar-refractivity contribution in [1.29, 1.82) is 0 Å². The lowest BCUT2D eigenvalue weighted by Crippen LogP contribution is -2.26. The smallest absolute Gasteiger partial charge is 0.370 e. The van der Waals surface area contributed by atoms with Crippen molar-refractivity contribution in [3.8, 4) is 0 Å². The molecule has 26 heavy (non-hydrogen) atoms. The largest absolute Gasteiger partial charge is 0.417 e. The van der Waals surface area contributed by atoms with E-state index in [9.17, 15) is 18.0 Å². The van der Waals surface area contributed by atoms with Gasteiger partial charge in [-0.05, 0) is 30.0 Å². The molecule has 0 aliphatic carbocycles. The minimum absolute atomic E-state index is 0.0194. The molecule has 0 aliphatic rings. The number of hydrogen-bond acceptors (Lipinski definition) is 3. The Labute approximate surface area is 150 Å². The lowest BCUT2D eigenvalue weighted by molar-refractivity contribution is -0.137. The van der Waals surface area contributed by atoms with E-state index in [4.69, 9.17) is 0 Å². The highest BCUT2D eigenvalue weighted by molar-refractivity contribution is 5.76. The van der Waals surface area contributed by atoms with Gasteiger partial charge in [-0.3, -0.25) is 4.79 Å². The van der Waals surface area contributed by atoms with E-state index in [-0.39, 0.29) is 11.8 Å². The normalized spacial score (nSPS) is 12.5. The molecule has 1 heterocycles. The molecule has 1 aromatic heterocycles. The van der Waals surface area contributed by atoms with Gasteiger partial charge in [-0.1, -0.05) is 37.3 Å². The first-order valence-electron chi connectivity index (χ1n) is 8.45. The summed E-state index contributed by atoms with van der Waals surface area (Å²) < 4.78 is 37.3. The average molecular weight is 365 g/mol. The maximum absolute atomic E-state index is 12.4. The molecule has 0 saturated heterocycles. The number of hydrogen-bond donors (Lipinski definition) is 2. The number of anilines is 1. The Morgan fingerprint density at radius 2 is 1.85 bits per heavy atom. The first-order chi connectivity index (χ1) is 12.4. The molecule has 7 heteroatoms. The number of amides is 1. The third kappa shape index (κ3) is 6.38. The molecule has 0 radical (unpaired) electrons. The second-order valence-electron chi connectivity index (χ2n) is 6.08. The summed E-state index contributed by atoms with van der Waals surface area (Å²) in [6.07, 6.45) is -2.52. The highest BCUT2D eigenvalue weighted by Gasteiger charge is 2.30. The van der Waals surface area contributed by atoms with Gasteiger partial charge in [0.05, 0.1) is 5.56 Å². The van der Waals surface area contributed by atoms with E-state index >= 15 is 0 Å². The number of pyridine rings is 1. The number of rotatable bonds is 8. The zero-order valence-corrected chi connectivity index (χ0v) is 14.5. The Morgan fingerprint density at radius 3 is 2.46 bits per heavy atom. The van der Waals surface area contributed by atoms with Gasteiger partial charge in [0.25, 0.3) is 0 Å². The van der Waals surface area contributed by atoms with Gasteiger partial charge in [-0.2, -0.15) is 13.2 Å². The number of alkyl halides is 3. The van der Waals surface area contributed by atoms with Crippen LogP contribution in [0, 0.1) is 0 Å². The fraction of sp³-hybridized carbons (Fsp3) is 0.368. The molecule has 2 N–H and O–H groups in total. The SMILES string of the molecule is C[C@H](CC(=O)NCCCNc1ccc(C(F)(F)F)cn1)c1ccccc1. The molecule has 0 saturated carbocycles. The number of carbonyl (C=O) groups excluding carboxylic acids is 1. The van der Waals surface area contributed by atoms with Crippen molar-refractivity contribution in [2.24, 2.45) is 0 Å². The molecule has 1 amide bonds. The molecule has 2 aromatic rings. The minimum Gasteiger partial charge on any atom is -0.370 e. The summed E-state index contributed by atoms with van der Waals surface area (Å²) >= 11 is 0. The summed E-state index contributed by atoms with van der Waals surface area (Å²) in [7, 11) is 0. The number of carbonyl (C=O) groups is 1. The van der Waals surface area contributed by atoms with Crippen molar-refractivity contribution in [3.05, 3.63) is 59.8 Å². The Kier molecular flexibility index (Phi) is 7.00. The van der Waals surface area contributed by atoms with Crippen LogP contribution in [0.3, 0.4) is 0 Å². The van der Waals surface area contributed by atoms with Crippen LogP contribution in [0.4, 0.5) is 19.0 Å².